The molecule has 0 fully saturated rings. The SMILES string of the molecule is NC(N)=NCCC[C@@H](C(=O)O)N(OCc1ccccc1)C(=O)[C@@H](N)Cc1ccccc1. The van der Waals surface area contributed by atoms with Crippen LogP contribution in [0.15, 0.2) is 65.7 Å². The third kappa shape index (κ3) is 8.07. The first kappa shape index (κ1) is 23.8. The average molecular weight is 428 g/mol. The molecule has 0 saturated carbocycles. The Balaban J connectivity index is 2.16. The first-order valence-corrected chi connectivity index (χ1v) is 9.96. The van der Waals surface area contributed by atoms with E-state index in [1.165, 1.54) is 0 Å². The van der Waals surface area contributed by atoms with Gasteiger partial charge in [0.1, 0.15) is 6.61 Å². The smallest absolute Gasteiger partial charge is 0.329 e. The minimum Gasteiger partial charge on any atom is -0.480 e. The molecule has 0 unspecified atom stereocenters. The average Bonchev–Trinajstić information content (AvgIpc) is 2.76. The van der Waals surface area contributed by atoms with Crippen molar-refractivity contribution >= 4 is 17.8 Å². The van der Waals surface area contributed by atoms with Crippen LogP contribution in [0.5, 0.6) is 0 Å². The zero-order valence-corrected chi connectivity index (χ0v) is 17.3. The van der Waals surface area contributed by atoms with Crippen LogP contribution < -0.4 is 17.2 Å². The maximum Gasteiger partial charge on any atom is 0.329 e. The highest BCUT2D eigenvalue weighted by atomic mass is 16.7. The molecule has 0 radical (unpaired) electrons. The fourth-order valence-corrected chi connectivity index (χ4v) is 2.98. The second kappa shape index (κ2) is 12.3. The number of hydrogen-bond donors (Lipinski definition) is 4. The lowest BCUT2D eigenvalue weighted by molar-refractivity contribution is -0.213. The summed E-state index contributed by atoms with van der Waals surface area (Å²) in [6, 6.07) is 16.2. The van der Waals surface area contributed by atoms with Crippen molar-refractivity contribution in [3.8, 4) is 0 Å². The molecule has 0 spiro atoms. The monoisotopic (exact) mass is 427 g/mol. The fraction of sp³-hybridized carbons (Fsp3) is 0.318. The maximum atomic E-state index is 13.1. The molecule has 31 heavy (non-hydrogen) atoms. The van der Waals surface area contributed by atoms with Crippen molar-refractivity contribution in [2.24, 2.45) is 22.2 Å². The van der Waals surface area contributed by atoms with Gasteiger partial charge in [-0.1, -0.05) is 60.7 Å². The highest BCUT2D eigenvalue weighted by molar-refractivity contribution is 5.86. The number of rotatable bonds is 12. The Hall–Kier alpha value is -3.43. The third-order valence-electron chi connectivity index (χ3n) is 4.54. The minimum absolute atomic E-state index is 0.0301. The number of carbonyl (C=O) groups excluding carboxylic acids is 1. The van der Waals surface area contributed by atoms with Gasteiger partial charge in [-0.3, -0.25) is 14.6 Å². The summed E-state index contributed by atoms with van der Waals surface area (Å²) in [5, 5.41) is 10.7. The van der Waals surface area contributed by atoms with Gasteiger partial charge in [0.25, 0.3) is 5.91 Å². The molecule has 0 heterocycles. The summed E-state index contributed by atoms with van der Waals surface area (Å²) >= 11 is 0. The van der Waals surface area contributed by atoms with E-state index in [1.807, 2.05) is 60.7 Å². The van der Waals surface area contributed by atoms with Crippen LogP contribution in [-0.2, 0) is 27.5 Å². The molecule has 0 bridgehead atoms. The molecule has 9 heteroatoms. The van der Waals surface area contributed by atoms with Gasteiger partial charge in [0.2, 0.25) is 0 Å². The Labute approximate surface area is 181 Å². The zero-order valence-electron chi connectivity index (χ0n) is 17.3. The molecule has 7 N–H and O–H groups in total. The molecule has 2 atom stereocenters. The van der Waals surface area contributed by atoms with E-state index in [1.54, 1.807) is 0 Å². The van der Waals surface area contributed by atoms with E-state index in [9.17, 15) is 14.7 Å². The number of carboxylic acids is 1. The predicted molar refractivity (Wildman–Crippen MR) is 118 cm³/mol. The fourth-order valence-electron chi connectivity index (χ4n) is 2.98. The largest absolute Gasteiger partial charge is 0.480 e. The maximum absolute atomic E-state index is 13.1. The Morgan fingerprint density at radius 2 is 1.58 bits per heavy atom. The molecule has 2 aromatic rings. The Morgan fingerprint density at radius 3 is 2.13 bits per heavy atom. The summed E-state index contributed by atoms with van der Waals surface area (Å²) in [5.74, 6) is -1.88. The third-order valence-corrected chi connectivity index (χ3v) is 4.54. The number of hydroxylamine groups is 2. The van der Waals surface area contributed by atoms with Crippen LogP contribution in [0.2, 0.25) is 0 Å². The normalized spacial score (nSPS) is 12.5. The van der Waals surface area contributed by atoms with Gasteiger partial charge in [-0.15, -0.1) is 0 Å². The number of aliphatic carboxylic acids is 1. The van der Waals surface area contributed by atoms with Gasteiger partial charge in [-0.2, -0.15) is 0 Å². The van der Waals surface area contributed by atoms with Gasteiger partial charge in [0.15, 0.2) is 12.0 Å². The molecule has 0 aliphatic carbocycles. The van der Waals surface area contributed by atoms with Gasteiger partial charge >= 0.3 is 5.97 Å². The van der Waals surface area contributed by atoms with E-state index in [-0.39, 0.29) is 32.0 Å². The molecule has 0 aromatic heterocycles. The van der Waals surface area contributed by atoms with Crippen LogP contribution >= 0.6 is 0 Å². The number of hydrogen-bond acceptors (Lipinski definition) is 5. The highest BCUT2D eigenvalue weighted by Gasteiger charge is 2.33. The number of carboxylic acid groups (broad SMARTS) is 1. The first-order chi connectivity index (χ1) is 14.9. The van der Waals surface area contributed by atoms with Gasteiger partial charge in [-0.25, -0.2) is 9.86 Å². The molecule has 0 saturated heterocycles. The molecule has 2 aromatic carbocycles. The number of nitrogens with two attached hydrogens (primary N) is 3. The summed E-state index contributed by atoms with van der Waals surface area (Å²) in [6.07, 6.45) is 0.706. The lowest BCUT2D eigenvalue weighted by atomic mass is 10.0. The van der Waals surface area contributed by atoms with Crippen LogP contribution in [0.1, 0.15) is 24.0 Å². The molecule has 166 valence electrons. The van der Waals surface area contributed by atoms with Crippen molar-refractivity contribution in [3.63, 3.8) is 0 Å². The second-order valence-corrected chi connectivity index (χ2v) is 7.02. The van der Waals surface area contributed by atoms with E-state index in [4.69, 9.17) is 22.0 Å². The van der Waals surface area contributed by atoms with Crippen LogP contribution in [-0.4, -0.2) is 46.6 Å². The second-order valence-electron chi connectivity index (χ2n) is 7.02. The van der Waals surface area contributed by atoms with Crippen LogP contribution in [0.3, 0.4) is 0 Å². The lowest BCUT2D eigenvalue weighted by Gasteiger charge is -2.30. The van der Waals surface area contributed by atoms with E-state index in [2.05, 4.69) is 4.99 Å². The van der Waals surface area contributed by atoms with Gasteiger partial charge < -0.3 is 22.3 Å². The molecule has 9 nitrogen and oxygen atoms in total. The van der Waals surface area contributed by atoms with Gasteiger partial charge in [-0.05, 0) is 30.4 Å². The van der Waals surface area contributed by atoms with Crippen molar-refractivity contribution in [2.45, 2.75) is 38.0 Å². The molecular formula is C22H29N5O4. The van der Waals surface area contributed by atoms with Gasteiger partial charge in [0.05, 0.1) is 6.04 Å². The van der Waals surface area contributed by atoms with E-state index >= 15 is 0 Å². The van der Waals surface area contributed by atoms with Crippen molar-refractivity contribution in [3.05, 3.63) is 71.8 Å². The van der Waals surface area contributed by atoms with E-state index in [0.29, 0.717) is 6.42 Å². The first-order valence-electron chi connectivity index (χ1n) is 9.96. The Morgan fingerprint density at radius 1 is 1.00 bits per heavy atom. The van der Waals surface area contributed by atoms with Crippen molar-refractivity contribution in [1.82, 2.24) is 5.06 Å². The van der Waals surface area contributed by atoms with Crippen molar-refractivity contribution in [2.75, 3.05) is 6.54 Å². The summed E-state index contributed by atoms with van der Waals surface area (Å²) in [4.78, 5) is 34.6. The van der Waals surface area contributed by atoms with E-state index < -0.39 is 24.0 Å². The van der Waals surface area contributed by atoms with Crippen molar-refractivity contribution in [1.29, 1.82) is 0 Å². The standard InChI is InChI=1S/C22H29N5O4/c23-18(14-16-8-3-1-4-9-16)20(28)27(31-15-17-10-5-2-6-11-17)19(21(29)30)12-7-13-26-22(24)25/h1-6,8-11,18-19H,7,12-15,23H2,(H,29,30)(H4,24,25,26)/t18-,19-/m0/s1. The number of nitrogens with zero attached hydrogens (tertiary/aromatic N) is 2. The summed E-state index contributed by atoms with van der Waals surface area (Å²) in [5.41, 5.74) is 18.4. The van der Waals surface area contributed by atoms with Crippen LogP contribution in [0.4, 0.5) is 0 Å². The van der Waals surface area contributed by atoms with E-state index in [0.717, 1.165) is 16.2 Å². The van der Waals surface area contributed by atoms with Gasteiger partial charge in [0, 0.05) is 6.54 Å². The molecule has 0 aliphatic heterocycles. The topological polar surface area (TPSA) is 157 Å². The Bertz CT molecular complexity index is 857. The Kier molecular flexibility index (Phi) is 9.47. The zero-order chi connectivity index (χ0) is 22.6. The molecule has 0 aliphatic rings. The number of amides is 1. The molecule has 1 amide bonds. The van der Waals surface area contributed by atoms with Crippen molar-refractivity contribution < 1.29 is 19.5 Å². The minimum atomic E-state index is -1.23. The number of carbonyl (C=O) groups is 2. The summed E-state index contributed by atoms with van der Waals surface area (Å²) < 4.78 is 0. The molecular weight excluding hydrogens is 398 g/mol. The summed E-state index contributed by atoms with van der Waals surface area (Å²) in [7, 11) is 0. The predicted octanol–water partition coefficient (Wildman–Crippen LogP) is 1.02. The van der Waals surface area contributed by atoms with Crippen LogP contribution in [0, 0.1) is 0 Å². The number of guanidine groups is 1. The molecule has 2 rings (SSSR count). The highest BCUT2D eigenvalue weighted by Crippen LogP contribution is 2.15. The quantitative estimate of drug-likeness (QED) is 0.170. The number of aliphatic imine (C=N–C) groups is 1. The summed E-state index contributed by atoms with van der Waals surface area (Å²) in [6.45, 7) is 0.269. The van der Waals surface area contributed by atoms with Crippen LogP contribution in [0.25, 0.3) is 0 Å². The lowest BCUT2D eigenvalue weighted by Crippen LogP contribution is -2.52. The number of benzene rings is 2.